The highest BCUT2D eigenvalue weighted by Gasteiger charge is 2.26. The largest absolute Gasteiger partial charge is 0.325 e. The second-order valence-electron chi connectivity index (χ2n) is 7.01. The molecule has 1 aromatic carbocycles. The molecule has 1 fully saturated rings. The van der Waals surface area contributed by atoms with Gasteiger partial charge in [0.15, 0.2) is 0 Å². The molecule has 7 nitrogen and oxygen atoms in total. The summed E-state index contributed by atoms with van der Waals surface area (Å²) in [6, 6.07) is 5.54. The number of nitrogens with one attached hydrogen (secondary N) is 1. The number of rotatable bonds is 8. The van der Waals surface area contributed by atoms with Crippen LogP contribution in [0.3, 0.4) is 0 Å². The van der Waals surface area contributed by atoms with Crippen molar-refractivity contribution in [3.8, 4) is 0 Å². The Kier molecular flexibility index (Phi) is 7.72. The minimum absolute atomic E-state index is 0.145. The number of hydrogen-bond acceptors (Lipinski definition) is 5. The molecule has 1 aliphatic heterocycles. The van der Waals surface area contributed by atoms with Crippen molar-refractivity contribution in [2.45, 2.75) is 19.4 Å². The molecule has 1 aliphatic rings. The lowest BCUT2D eigenvalue weighted by Gasteiger charge is -2.37. The van der Waals surface area contributed by atoms with Crippen molar-refractivity contribution in [2.24, 2.45) is 0 Å². The Bertz CT molecular complexity index is 734. The molecule has 1 heterocycles. The Morgan fingerprint density at radius 3 is 2.52 bits per heavy atom. The van der Waals surface area contributed by atoms with Gasteiger partial charge in [-0.2, -0.15) is 0 Å². The maximum absolute atomic E-state index is 13.2. The number of halogens is 1. The lowest BCUT2D eigenvalue weighted by atomic mass is 10.2. The van der Waals surface area contributed by atoms with Crippen molar-refractivity contribution in [3.05, 3.63) is 30.1 Å². The van der Waals surface area contributed by atoms with E-state index in [0.717, 1.165) is 32.7 Å². The zero-order valence-corrected chi connectivity index (χ0v) is 17.0. The van der Waals surface area contributed by atoms with Crippen LogP contribution in [0.25, 0.3) is 0 Å². The predicted molar refractivity (Wildman–Crippen MR) is 105 cm³/mol. The molecule has 1 N–H and O–H groups in total. The number of carbonyl (C=O) groups is 1. The first kappa shape index (κ1) is 21.7. The molecule has 1 saturated heterocycles. The van der Waals surface area contributed by atoms with Gasteiger partial charge in [-0.05, 0) is 38.1 Å². The van der Waals surface area contributed by atoms with Crippen molar-refractivity contribution in [3.63, 3.8) is 0 Å². The zero-order chi connectivity index (χ0) is 20.0. The van der Waals surface area contributed by atoms with Gasteiger partial charge in [-0.1, -0.05) is 6.07 Å². The van der Waals surface area contributed by atoms with Crippen molar-refractivity contribution >= 4 is 21.6 Å². The van der Waals surface area contributed by atoms with Crippen molar-refractivity contribution in [1.82, 2.24) is 14.1 Å². The Labute approximate surface area is 161 Å². The summed E-state index contributed by atoms with van der Waals surface area (Å²) in [7, 11) is -0.0587. The van der Waals surface area contributed by atoms with E-state index in [1.54, 1.807) is 26.2 Å². The van der Waals surface area contributed by atoms with Crippen LogP contribution in [0.4, 0.5) is 10.1 Å². The normalized spacial score (nSPS) is 17.8. The Hall–Kier alpha value is -1.55. The number of piperazine rings is 1. The summed E-state index contributed by atoms with van der Waals surface area (Å²) >= 11 is 0. The lowest BCUT2D eigenvalue weighted by Crippen LogP contribution is -2.52. The first-order valence-electron chi connectivity index (χ1n) is 9.12. The molecule has 27 heavy (non-hydrogen) atoms. The molecule has 0 saturated carbocycles. The summed E-state index contributed by atoms with van der Waals surface area (Å²) in [6.45, 7) is 5.62. The fraction of sp³-hybridized carbons (Fsp3) is 0.611. The molecule has 1 unspecified atom stereocenters. The molecule has 9 heteroatoms. The predicted octanol–water partition coefficient (Wildman–Crippen LogP) is 1.05. The number of nitrogens with zero attached hydrogens (tertiary/aromatic N) is 3. The van der Waals surface area contributed by atoms with E-state index in [0.29, 0.717) is 12.1 Å². The fourth-order valence-electron chi connectivity index (χ4n) is 3.01. The minimum Gasteiger partial charge on any atom is -0.325 e. The third kappa shape index (κ3) is 6.53. The quantitative estimate of drug-likeness (QED) is 0.706. The Balaban J connectivity index is 1.75. The SMILES string of the molecule is CC(C(=O)Nc1cccc(F)c1)N1CCN(CCCS(=O)(=O)N(C)C)CC1. The molecule has 0 aromatic heterocycles. The van der Waals surface area contributed by atoms with E-state index in [2.05, 4.69) is 15.1 Å². The number of amides is 1. The second-order valence-corrected chi connectivity index (χ2v) is 9.31. The van der Waals surface area contributed by atoms with Gasteiger partial charge in [0.2, 0.25) is 15.9 Å². The van der Waals surface area contributed by atoms with Crippen LogP contribution in [-0.4, -0.2) is 87.0 Å². The highest BCUT2D eigenvalue weighted by atomic mass is 32.2. The molecule has 1 atom stereocenters. The molecule has 2 rings (SSSR count). The molecular weight excluding hydrogens is 371 g/mol. The molecule has 0 radical (unpaired) electrons. The Morgan fingerprint density at radius 2 is 1.93 bits per heavy atom. The van der Waals surface area contributed by atoms with Crippen LogP contribution >= 0.6 is 0 Å². The summed E-state index contributed by atoms with van der Waals surface area (Å²) < 4.78 is 38.1. The lowest BCUT2D eigenvalue weighted by molar-refractivity contribution is -0.121. The third-order valence-electron chi connectivity index (χ3n) is 4.86. The standard InChI is InChI=1S/C18H29FN4O3S/c1-15(18(24)20-17-7-4-6-16(19)14-17)23-11-9-22(10-12-23)8-5-13-27(25,26)21(2)3/h4,6-7,14-15H,5,8-13H2,1-3H3,(H,20,24). The average Bonchev–Trinajstić information content (AvgIpc) is 2.61. The molecule has 0 spiro atoms. The summed E-state index contributed by atoms with van der Waals surface area (Å²) in [4.78, 5) is 16.7. The van der Waals surface area contributed by atoms with E-state index in [4.69, 9.17) is 0 Å². The number of hydrogen-bond donors (Lipinski definition) is 1. The average molecular weight is 401 g/mol. The van der Waals surface area contributed by atoms with Gasteiger partial charge in [-0.25, -0.2) is 17.1 Å². The van der Waals surface area contributed by atoms with E-state index < -0.39 is 10.0 Å². The summed E-state index contributed by atoms with van der Waals surface area (Å²) in [5.41, 5.74) is 0.451. The maximum atomic E-state index is 13.2. The van der Waals surface area contributed by atoms with Crippen molar-refractivity contribution in [1.29, 1.82) is 0 Å². The number of benzene rings is 1. The van der Waals surface area contributed by atoms with E-state index >= 15 is 0 Å². The monoisotopic (exact) mass is 400 g/mol. The number of sulfonamides is 1. The molecule has 0 aliphatic carbocycles. The smallest absolute Gasteiger partial charge is 0.241 e. The topological polar surface area (TPSA) is 73.0 Å². The molecule has 0 bridgehead atoms. The molecular formula is C18H29FN4O3S. The maximum Gasteiger partial charge on any atom is 0.241 e. The van der Waals surface area contributed by atoms with E-state index in [9.17, 15) is 17.6 Å². The van der Waals surface area contributed by atoms with Crippen LogP contribution < -0.4 is 5.32 Å². The van der Waals surface area contributed by atoms with Crippen molar-refractivity contribution in [2.75, 3.05) is 57.9 Å². The molecule has 1 amide bonds. The number of anilines is 1. The van der Waals surface area contributed by atoms with Gasteiger partial charge >= 0.3 is 0 Å². The van der Waals surface area contributed by atoms with Gasteiger partial charge in [-0.15, -0.1) is 0 Å². The van der Waals surface area contributed by atoms with Gasteiger partial charge < -0.3 is 10.2 Å². The summed E-state index contributed by atoms with van der Waals surface area (Å²) in [6.07, 6.45) is 0.593. The van der Waals surface area contributed by atoms with Crippen LogP contribution in [0, 0.1) is 5.82 Å². The zero-order valence-electron chi connectivity index (χ0n) is 16.2. The molecule has 152 valence electrons. The first-order chi connectivity index (χ1) is 12.7. The van der Waals surface area contributed by atoms with Crippen LogP contribution in [0.15, 0.2) is 24.3 Å². The highest BCUT2D eigenvalue weighted by molar-refractivity contribution is 7.89. The summed E-state index contributed by atoms with van der Waals surface area (Å²) in [5, 5.41) is 2.75. The van der Waals surface area contributed by atoms with Crippen LogP contribution in [0.5, 0.6) is 0 Å². The van der Waals surface area contributed by atoms with Gasteiger partial charge in [0, 0.05) is 46.0 Å². The number of carbonyl (C=O) groups excluding carboxylic acids is 1. The first-order valence-corrected chi connectivity index (χ1v) is 10.7. The van der Waals surface area contributed by atoms with E-state index in [1.165, 1.54) is 16.4 Å². The van der Waals surface area contributed by atoms with E-state index in [-0.39, 0.29) is 23.5 Å². The minimum atomic E-state index is -3.15. The summed E-state index contributed by atoms with van der Waals surface area (Å²) in [5.74, 6) is -0.399. The van der Waals surface area contributed by atoms with Gasteiger partial charge in [0.25, 0.3) is 0 Å². The van der Waals surface area contributed by atoms with Gasteiger partial charge in [0.1, 0.15) is 5.82 Å². The fourth-order valence-corrected chi connectivity index (χ4v) is 3.87. The Morgan fingerprint density at radius 1 is 1.26 bits per heavy atom. The molecule has 1 aromatic rings. The van der Waals surface area contributed by atoms with Gasteiger partial charge in [-0.3, -0.25) is 9.69 Å². The van der Waals surface area contributed by atoms with Gasteiger partial charge in [0.05, 0.1) is 11.8 Å². The van der Waals surface area contributed by atoms with Crippen LogP contribution in [-0.2, 0) is 14.8 Å². The highest BCUT2D eigenvalue weighted by Crippen LogP contribution is 2.12. The second kappa shape index (κ2) is 9.59. The van der Waals surface area contributed by atoms with Crippen molar-refractivity contribution < 1.29 is 17.6 Å². The van der Waals surface area contributed by atoms with Crippen LogP contribution in [0.2, 0.25) is 0 Å². The third-order valence-corrected chi connectivity index (χ3v) is 6.78. The van der Waals surface area contributed by atoms with E-state index in [1.807, 2.05) is 6.92 Å². The van der Waals surface area contributed by atoms with Crippen LogP contribution in [0.1, 0.15) is 13.3 Å².